The number of pyridine rings is 1. The largest absolute Gasteiger partial charge is 0.493 e. The van der Waals surface area contributed by atoms with Crippen LogP contribution in [0.15, 0.2) is 42.7 Å². The standard InChI is InChI=1S/C19H19NO4/c1-23-16-7-6-14(12-17(16)24-15-4-2-3-5-15)19(22)18(21)13-8-10-20-11-9-13/h6-12,15H,2-5H2,1H3. The van der Waals surface area contributed by atoms with Crippen molar-refractivity contribution in [3.8, 4) is 11.5 Å². The normalized spacial score (nSPS) is 14.4. The fraction of sp³-hybridized carbons (Fsp3) is 0.316. The molecule has 0 radical (unpaired) electrons. The molecule has 0 aliphatic heterocycles. The highest BCUT2D eigenvalue weighted by Crippen LogP contribution is 2.32. The summed E-state index contributed by atoms with van der Waals surface area (Å²) in [7, 11) is 1.56. The molecule has 24 heavy (non-hydrogen) atoms. The van der Waals surface area contributed by atoms with Crippen molar-refractivity contribution in [1.29, 1.82) is 0 Å². The zero-order valence-corrected chi connectivity index (χ0v) is 13.5. The minimum absolute atomic E-state index is 0.139. The van der Waals surface area contributed by atoms with Crippen molar-refractivity contribution in [2.45, 2.75) is 31.8 Å². The van der Waals surface area contributed by atoms with Crippen LogP contribution in [0.4, 0.5) is 0 Å². The van der Waals surface area contributed by atoms with E-state index in [0.29, 0.717) is 22.6 Å². The molecule has 124 valence electrons. The first-order chi connectivity index (χ1) is 11.7. The molecule has 3 rings (SSSR count). The van der Waals surface area contributed by atoms with Crippen molar-refractivity contribution in [2.75, 3.05) is 7.11 Å². The van der Waals surface area contributed by atoms with Crippen molar-refractivity contribution in [2.24, 2.45) is 0 Å². The summed E-state index contributed by atoms with van der Waals surface area (Å²) < 4.78 is 11.3. The van der Waals surface area contributed by atoms with E-state index in [1.807, 2.05) is 0 Å². The highest BCUT2D eigenvalue weighted by atomic mass is 16.5. The summed E-state index contributed by atoms with van der Waals surface area (Å²) in [6.07, 6.45) is 7.40. The van der Waals surface area contributed by atoms with Gasteiger partial charge in [-0.2, -0.15) is 0 Å². The maximum atomic E-state index is 12.5. The molecule has 5 heteroatoms. The molecule has 0 saturated heterocycles. The van der Waals surface area contributed by atoms with E-state index in [-0.39, 0.29) is 6.10 Å². The van der Waals surface area contributed by atoms with Crippen molar-refractivity contribution in [3.05, 3.63) is 53.9 Å². The molecule has 5 nitrogen and oxygen atoms in total. The van der Waals surface area contributed by atoms with E-state index in [1.54, 1.807) is 25.3 Å². The summed E-state index contributed by atoms with van der Waals surface area (Å²) in [6.45, 7) is 0. The van der Waals surface area contributed by atoms with Crippen LogP contribution >= 0.6 is 0 Å². The third-order valence-corrected chi connectivity index (χ3v) is 4.17. The van der Waals surface area contributed by atoms with E-state index in [9.17, 15) is 9.59 Å². The molecule has 0 N–H and O–H groups in total. The molecule has 1 aliphatic carbocycles. The Hall–Kier alpha value is -2.69. The highest BCUT2D eigenvalue weighted by Gasteiger charge is 2.22. The Morgan fingerprint density at radius 3 is 2.29 bits per heavy atom. The number of hydrogen-bond donors (Lipinski definition) is 0. The van der Waals surface area contributed by atoms with Crippen LogP contribution in [-0.4, -0.2) is 29.8 Å². The van der Waals surface area contributed by atoms with E-state index in [1.165, 1.54) is 24.5 Å². The molecule has 0 bridgehead atoms. The van der Waals surface area contributed by atoms with Gasteiger partial charge in [0.05, 0.1) is 13.2 Å². The predicted octanol–water partition coefficient (Wildman–Crippen LogP) is 3.48. The lowest BCUT2D eigenvalue weighted by Gasteiger charge is -2.16. The smallest absolute Gasteiger partial charge is 0.233 e. The number of nitrogens with zero attached hydrogens (tertiary/aromatic N) is 1. The van der Waals surface area contributed by atoms with Gasteiger partial charge in [0.1, 0.15) is 0 Å². The van der Waals surface area contributed by atoms with Crippen LogP contribution in [0.2, 0.25) is 0 Å². The van der Waals surface area contributed by atoms with Crippen LogP contribution in [0.25, 0.3) is 0 Å². The number of rotatable bonds is 6. The summed E-state index contributed by atoms with van der Waals surface area (Å²) in [5, 5.41) is 0. The molecule has 1 heterocycles. The number of carbonyl (C=O) groups excluding carboxylic acids is 2. The molecule has 1 saturated carbocycles. The van der Waals surface area contributed by atoms with Gasteiger partial charge in [0.2, 0.25) is 11.6 Å². The summed E-state index contributed by atoms with van der Waals surface area (Å²) in [4.78, 5) is 28.6. The van der Waals surface area contributed by atoms with Crippen LogP contribution in [0, 0.1) is 0 Å². The number of ketones is 2. The summed E-state index contributed by atoms with van der Waals surface area (Å²) in [6, 6.07) is 7.90. The fourth-order valence-corrected chi connectivity index (χ4v) is 2.86. The Balaban J connectivity index is 1.84. The van der Waals surface area contributed by atoms with Gasteiger partial charge in [-0.25, -0.2) is 0 Å². The number of ether oxygens (including phenoxy) is 2. The van der Waals surface area contributed by atoms with Crippen molar-refractivity contribution < 1.29 is 19.1 Å². The second-order valence-electron chi connectivity index (χ2n) is 5.78. The maximum absolute atomic E-state index is 12.5. The number of hydrogen-bond acceptors (Lipinski definition) is 5. The highest BCUT2D eigenvalue weighted by molar-refractivity contribution is 6.49. The lowest BCUT2D eigenvalue weighted by molar-refractivity contribution is 0.0816. The summed E-state index contributed by atoms with van der Waals surface area (Å²) in [5.74, 6) is -0.0536. The lowest BCUT2D eigenvalue weighted by Crippen LogP contribution is -2.16. The number of methoxy groups -OCH3 is 1. The van der Waals surface area contributed by atoms with Crippen molar-refractivity contribution in [3.63, 3.8) is 0 Å². The monoisotopic (exact) mass is 325 g/mol. The van der Waals surface area contributed by atoms with Crippen LogP contribution < -0.4 is 9.47 Å². The van der Waals surface area contributed by atoms with E-state index >= 15 is 0 Å². The zero-order chi connectivity index (χ0) is 16.9. The molecule has 1 aliphatic rings. The Bertz CT molecular complexity index is 736. The third-order valence-electron chi connectivity index (χ3n) is 4.17. The number of Topliss-reactive ketones (excluding diaryl/α,β-unsaturated/α-hetero) is 2. The Morgan fingerprint density at radius 1 is 0.958 bits per heavy atom. The van der Waals surface area contributed by atoms with Gasteiger partial charge in [-0.05, 0) is 56.0 Å². The Morgan fingerprint density at radius 2 is 1.62 bits per heavy atom. The minimum Gasteiger partial charge on any atom is -0.493 e. The van der Waals surface area contributed by atoms with Crippen molar-refractivity contribution >= 4 is 11.6 Å². The number of benzene rings is 1. The van der Waals surface area contributed by atoms with Gasteiger partial charge in [-0.1, -0.05) is 0 Å². The fourth-order valence-electron chi connectivity index (χ4n) is 2.86. The maximum Gasteiger partial charge on any atom is 0.233 e. The van der Waals surface area contributed by atoms with Crippen LogP contribution in [0.1, 0.15) is 46.4 Å². The number of carbonyl (C=O) groups is 2. The average Bonchev–Trinajstić information content (AvgIpc) is 3.14. The van der Waals surface area contributed by atoms with Crippen LogP contribution in [0.5, 0.6) is 11.5 Å². The Labute approximate surface area is 140 Å². The molecule has 0 atom stereocenters. The van der Waals surface area contributed by atoms with E-state index < -0.39 is 11.6 Å². The topological polar surface area (TPSA) is 65.5 Å². The van der Waals surface area contributed by atoms with Crippen LogP contribution in [-0.2, 0) is 0 Å². The van der Waals surface area contributed by atoms with Gasteiger partial charge in [-0.15, -0.1) is 0 Å². The second kappa shape index (κ2) is 7.25. The lowest BCUT2D eigenvalue weighted by atomic mass is 10.0. The molecular formula is C19H19NO4. The quantitative estimate of drug-likeness (QED) is 0.601. The van der Waals surface area contributed by atoms with Crippen LogP contribution in [0.3, 0.4) is 0 Å². The molecule has 1 aromatic carbocycles. The number of aromatic nitrogens is 1. The molecule has 2 aromatic rings. The van der Waals surface area contributed by atoms with E-state index in [2.05, 4.69) is 4.98 Å². The van der Waals surface area contributed by atoms with Gasteiger partial charge in [0.25, 0.3) is 0 Å². The molecule has 0 amide bonds. The first kappa shape index (κ1) is 16.2. The molecule has 0 spiro atoms. The molecular weight excluding hydrogens is 306 g/mol. The first-order valence-corrected chi connectivity index (χ1v) is 8.03. The average molecular weight is 325 g/mol. The zero-order valence-electron chi connectivity index (χ0n) is 13.5. The Kier molecular flexibility index (Phi) is 4.89. The molecule has 1 fully saturated rings. The van der Waals surface area contributed by atoms with Gasteiger partial charge in [0, 0.05) is 23.5 Å². The van der Waals surface area contributed by atoms with Gasteiger partial charge < -0.3 is 9.47 Å². The SMILES string of the molecule is COc1ccc(C(=O)C(=O)c2ccncc2)cc1OC1CCCC1. The van der Waals surface area contributed by atoms with Gasteiger partial charge >= 0.3 is 0 Å². The molecule has 0 unspecified atom stereocenters. The van der Waals surface area contributed by atoms with E-state index in [0.717, 1.165) is 25.7 Å². The first-order valence-electron chi connectivity index (χ1n) is 8.03. The minimum atomic E-state index is -0.569. The van der Waals surface area contributed by atoms with Crippen molar-refractivity contribution in [1.82, 2.24) is 4.98 Å². The second-order valence-corrected chi connectivity index (χ2v) is 5.78. The van der Waals surface area contributed by atoms with Gasteiger partial charge in [-0.3, -0.25) is 14.6 Å². The van der Waals surface area contributed by atoms with E-state index in [4.69, 9.17) is 9.47 Å². The third kappa shape index (κ3) is 3.45. The predicted molar refractivity (Wildman–Crippen MR) is 88.8 cm³/mol. The van der Waals surface area contributed by atoms with Gasteiger partial charge in [0.15, 0.2) is 11.5 Å². The summed E-state index contributed by atoms with van der Waals surface area (Å²) >= 11 is 0. The molecule has 1 aromatic heterocycles. The summed E-state index contributed by atoms with van der Waals surface area (Å²) in [5.41, 5.74) is 0.620.